The molecule has 3 aromatic rings. The van der Waals surface area contributed by atoms with Gasteiger partial charge in [0.2, 0.25) is 0 Å². The maximum Gasteiger partial charge on any atom is 0.170 e. The Labute approximate surface area is 185 Å². The van der Waals surface area contributed by atoms with Crippen molar-refractivity contribution >= 4 is 28.6 Å². The van der Waals surface area contributed by atoms with E-state index in [4.69, 9.17) is 11.6 Å². The van der Waals surface area contributed by atoms with Gasteiger partial charge in [0.25, 0.3) is 0 Å². The van der Waals surface area contributed by atoms with Crippen molar-refractivity contribution < 1.29 is 4.39 Å². The number of hydrogen-bond acceptors (Lipinski definition) is 5. The first-order valence-corrected chi connectivity index (χ1v) is 11.2. The molecular weight excluding hydrogens is 415 g/mol. The van der Waals surface area contributed by atoms with Gasteiger partial charge in [0.1, 0.15) is 16.7 Å². The van der Waals surface area contributed by atoms with Crippen molar-refractivity contribution in [3.05, 3.63) is 34.5 Å². The van der Waals surface area contributed by atoms with Crippen LogP contribution in [0.4, 0.5) is 10.2 Å². The van der Waals surface area contributed by atoms with Crippen LogP contribution in [0, 0.1) is 29.0 Å². The fourth-order valence-electron chi connectivity index (χ4n) is 5.31. The summed E-state index contributed by atoms with van der Waals surface area (Å²) in [7, 11) is 0. The topological polar surface area (TPSA) is 90.3 Å². The highest BCUT2D eigenvalue weighted by Gasteiger charge is 2.36. The van der Waals surface area contributed by atoms with Crippen LogP contribution in [0.5, 0.6) is 0 Å². The molecule has 3 aliphatic rings. The van der Waals surface area contributed by atoms with Gasteiger partial charge in [-0.05, 0) is 37.0 Å². The number of hydrogen-bond donors (Lipinski definition) is 2. The Morgan fingerprint density at radius 2 is 2.03 bits per heavy atom. The zero-order chi connectivity index (χ0) is 21.7. The molecule has 2 bridgehead atoms. The summed E-state index contributed by atoms with van der Waals surface area (Å²) in [5.41, 5.74) is 2.65. The van der Waals surface area contributed by atoms with Crippen molar-refractivity contribution in [2.24, 2.45) is 11.8 Å². The lowest BCUT2D eigenvalue weighted by atomic mass is 9.68. The molecule has 1 atom stereocenters. The Kier molecular flexibility index (Phi) is 5.05. The van der Waals surface area contributed by atoms with Crippen LogP contribution in [0.15, 0.2) is 12.4 Å². The number of nitriles is 1. The quantitative estimate of drug-likeness (QED) is 0.537. The highest BCUT2D eigenvalue weighted by molar-refractivity contribution is 6.29. The van der Waals surface area contributed by atoms with Gasteiger partial charge in [-0.15, -0.1) is 0 Å². The normalized spacial score (nSPS) is 22.8. The van der Waals surface area contributed by atoms with Crippen LogP contribution in [-0.4, -0.2) is 26.0 Å². The van der Waals surface area contributed by atoms with Crippen molar-refractivity contribution in [1.29, 1.82) is 5.26 Å². The summed E-state index contributed by atoms with van der Waals surface area (Å²) >= 11 is 6.07. The monoisotopic (exact) mass is 438 g/mol. The minimum atomic E-state index is -0.430. The zero-order valence-electron chi connectivity index (χ0n) is 17.5. The van der Waals surface area contributed by atoms with Crippen molar-refractivity contribution in [3.63, 3.8) is 0 Å². The van der Waals surface area contributed by atoms with E-state index in [1.165, 1.54) is 31.9 Å². The van der Waals surface area contributed by atoms with Gasteiger partial charge in [-0.25, -0.2) is 19.3 Å². The Hall–Kier alpha value is -2.72. The second kappa shape index (κ2) is 7.76. The molecule has 0 aliphatic heterocycles. The molecule has 3 heterocycles. The molecule has 6 nitrogen and oxygen atoms in total. The molecule has 3 aromatic heterocycles. The molecular formula is C23H24ClFN6. The largest absolute Gasteiger partial charge is 0.365 e. The van der Waals surface area contributed by atoms with E-state index >= 15 is 4.39 Å². The average Bonchev–Trinajstić information content (AvgIpc) is 3.18. The number of nitrogens with zero attached hydrogens (tertiary/aromatic N) is 4. The second-order valence-electron chi connectivity index (χ2n) is 9.04. The van der Waals surface area contributed by atoms with E-state index in [-0.39, 0.29) is 28.5 Å². The van der Waals surface area contributed by atoms with Gasteiger partial charge >= 0.3 is 0 Å². The molecule has 31 heavy (non-hydrogen) atoms. The number of anilines is 1. The fourth-order valence-corrected chi connectivity index (χ4v) is 5.44. The molecule has 1 unspecified atom stereocenters. The molecule has 3 aliphatic carbocycles. The van der Waals surface area contributed by atoms with Crippen LogP contribution >= 0.6 is 11.6 Å². The summed E-state index contributed by atoms with van der Waals surface area (Å²) in [4.78, 5) is 16.3. The number of fused-ring (bicyclic) bond motifs is 4. The van der Waals surface area contributed by atoms with E-state index in [1.807, 2.05) is 13.8 Å². The van der Waals surface area contributed by atoms with Crippen LogP contribution in [0.1, 0.15) is 63.0 Å². The third-order valence-corrected chi connectivity index (χ3v) is 7.02. The summed E-state index contributed by atoms with van der Waals surface area (Å²) in [5.74, 6) is 0.865. The summed E-state index contributed by atoms with van der Waals surface area (Å²) < 4.78 is 15.6. The predicted molar refractivity (Wildman–Crippen MR) is 118 cm³/mol. The van der Waals surface area contributed by atoms with Crippen LogP contribution in [0.2, 0.25) is 5.15 Å². The third kappa shape index (κ3) is 3.43. The number of aromatic amines is 1. The molecule has 3 saturated carbocycles. The van der Waals surface area contributed by atoms with Crippen molar-refractivity contribution in [3.8, 4) is 17.3 Å². The van der Waals surface area contributed by atoms with Crippen molar-refractivity contribution in [2.45, 2.75) is 57.9 Å². The summed E-state index contributed by atoms with van der Waals surface area (Å²) in [5, 5.41) is 13.6. The lowest BCUT2D eigenvalue weighted by Gasteiger charge is -2.43. The SMILES string of the molecule is CC(C)c1c(F)c(NC2CC3CCC2CC3)nc(-c2c[nH]c3ncc(Cl)nc23)c1C#N. The van der Waals surface area contributed by atoms with Crippen LogP contribution in [0.25, 0.3) is 22.4 Å². The van der Waals surface area contributed by atoms with E-state index in [9.17, 15) is 5.26 Å². The third-order valence-electron chi connectivity index (χ3n) is 6.84. The van der Waals surface area contributed by atoms with E-state index in [0.717, 1.165) is 6.42 Å². The number of rotatable bonds is 4. The summed E-state index contributed by atoms with van der Waals surface area (Å²) in [6.45, 7) is 3.78. The highest BCUT2D eigenvalue weighted by Crippen LogP contribution is 2.43. The second-order valence-corrected chi connectivity index (χ2v) is 9.43. The molecule has 8 heteroatoms. The van der Waals surface area contributed by atoms with Crippen LogP contribution < -0.4 is 5.32 Å². The Balaban J connectivity index is 1.67. The smallest absolute Gasteiger partial charge is 0.170 e. The van der Waals surface area contributed by atoms with Gasteiger partial charge in [-0.2, -0.15) is 5.26 Å². The lowest BCUT2D eigenvalue weighted by molar-refractivity contribution is 0.157. The van der Waals surface area contributed by atoms with E-state index < -0.39 is 5.82 Å². The molecule has 0 spiro atoms. The van der Waals surface area contributed by atoms with E-state index in [2.05, 4.69) is 31.3 Å². The molecule has 3 fully saturated rings. The standard InChI is InChI=1S/C23H24ClFN6/c1-11(2)18-14(8-26)20(15-9-27-23-21(15)30-17(24)10-28-23)31-22(19(18)25)29-16-7-12-3-5-13(16)6-4-12/h9-13,16H,3-7H2,1-2H3,(H,27,28)(H,29,31). The number of H-pyrrole nitrogens is 1. The Morgan fingerprint density at radius 1 is 1.26 bits per heavy atom. The minimum Gasteiger partial charge on any atom is -0.365 e. The average molecular weight is 439 g/mol. The molecule has 0 aromatic carbocycles. The van der Waals surface area contributed by atoms with Gasteiger partial charge < -0.3 is 10.3 Å². The molecule has 6 rings (SSSR count). The van der Waals surface area contributed by atoms with Crippen molar-refractivity contribution in [1.82, 2.24) is 19.9 Å². The fraction of sp³-hybridized carbons (Fsp3) is 0.478. The summed E-state index contributed by atoms with van der Waals surface area (Å²) in [6.07, 6.45) is 9.11. The van der Waals surface area contributed by atoms with Crippen LogP contribution in [-0.2, 0) is 0 Å². The molecule has 2 N–H and O–H groups in total. The first kappa shape index (κ1) is 20.2. The maximum absolute atomic E-state index is 15.6. The van der Waals surface area contributed by atoms with Gasteiger partial charge in [0.15, 0.2) is 17.3 Å². The van der Waals surface area contributed by atoms with Gasteiger partial charge in [0, 0.05) is 23.4 Å². The van der Waals surface area contributed by atoms with Gasteiger partial charge in [-0.3, -0.25) is 0 Å². The molecule has 0 saturated heterocycles. The molecule has 0 amide bonds. The number of nitrogens with one attached hydrogen (secondary N) is 2. The van der Waals surface area contributed by atoms with Gasteiger partial charge in [-0.1, -0.05) is 38.3 Å². The lowest BCUT2D eigenvalue weighted by Crippen LogP contribution is -2.40. The van der Waals surface area contributed by atoms with E-state index in [0.29, 0.717) is 39.8 Å². The Morgan fingerprint density at radius 3 is 2.68 bits per heavy atom. The van der Waals surface area contributed by atoms with E-state index in [1.54, 1.807) is 6.20 Å². The molecule has 160 valence electrons. The molecule has 0 radical (unpaired) electrons. The number of halogens is 2. The number of aromatic nitrogens is 4. The summed E-state index contributed by atoms with van der Waals surface area (Å²) in [6, 6.07) is 2.40. The maximum atomic E-state index is 15.6. The number of pyridine rings is 1. The first-order chi connectivity index (χ1) is 15.0. The highest BCUT2D eigenvalue weighted by atomic mass is 35.5. The first-order valence-electron chi connectivity index (χ1n) is 10.9. The predicted octanol–water partition coefficient (Wildman–Crippen LogP) is 5.80. The van der Waals surface area contributed by atoms with Crippen LogP contribution in [0.3, 0.4) is 0 Å². The zero-order valence-corrected chi connectivity index (χ0v) is 18.3. The van der Waals surface area contributed by atoms with Gasteiger partial charge in [0.05, 0.1) is 17.5 Å². The van der Waals surface area contributed by atoms with Crippen molar-refractivity contribution in [2.75, 3.05) is 5.32 Å². The Bertz CT molecular complexity index is 1190. The minimum absolute atomic E-state index is 0.181.